The Balaban J connectivity index is 4.68. The second-order valence-electron chi connectivity index (χ2n) is 15.0. The summed E-state index contributed by atoms with van der Waals surface area (Å²) in [7, 11) is 1.48. The summed E-state index contributed by atoms with van der Waals surface area (Å²) >= 11 is 0. The number of hydrogen-bond acceptors (Lipinski definition) is 5. The van der Waals surface area contributed by atoms with Gasteiger partial charge in [0.05, 0.1) is 39.9 Å². The number of nitrogens with zero attached hydrogens (tertiary/aromatic N) is 1. The van der Waals surface area contributed by atoms with Crippen LogP contribution in [0.2, 0.25) is 0 Å². The Morgan fingerprint density at radius 1 is 0.648 bits per heavy atom. The predicted octanol–water partition coefficient (Wildman–Crippen LogP) is 11.4. The van der Waals surface area contributed by atoms with Gasteiger partial charge in [-0.25, -0.2) is 4.57 Å². The number of carbonyl (C=O) groups excluding carboxylic acids is 1. The first-order valence-electron chi connectivity index (χ1n) is 21.0. The molecule has 310 valence electrons. The normalized spacial score (nSPS) is 15.3. The van der Waals surface area contributed by atoms with Crippen molar-refractivity contribution in [2.75, 3.05) is 40.9 Å². The number of likely N-dealkylation sites (N-methyl/N-ethyl adjacent to an activating group) is 1. The third kappa shape index (κ3) is 38.0. The molecular weight excluding hydrogens is 695 g/mol. The number of quaternary nitrogens is 1. The zero-order valence-electron chi connectivity index (χ0n) is 34.9. The Bertz CT molecular complexity index is 1150. The summed E-state index contributed by atoms with van der Waals surface area (Å²) < 4.78 is 23.4. The van der Waals surface area contributed by atoms with Crippen LogP contribution in [-0.2, 0) is 18.4 Å². The number of aliphatic hydroxyl groups excluding tert-OH is 1. The Morgan fingerprint density at radius 2 is 1.13 bits per heavy atom. The maximum Gasteiger partial charge on any atom is 0.472 e. The van der Waals surface area contributed by atoms with E-state index in [4.69, 9.17) is 9.05 Å². The summed E-state index contributed by atoms with van der Waals surface area (Å²) in [5, 5.41) is 13.7. The van der Waals surface area contributed by atoms with Crippen molar-refractivity contribution in [1.29, 1.82) is 0 Å². The smallest absolute Gasteiger partial charge is 0.387 e. The molecule has 0 aromatic rings. The van der Waals surface area contributed by atoms with E-state index in [0.717, 1.165) is 44.9 Å². The number of phosphoric acid groups is 1. The van der Waals surface area contributed by atoms with Crippen molar-refractivity contribution in [3.05, 3.63) is 85.1 Å². The average Bonchev–Trinajstić information content (AvgIpc) is 3.12. The van der Waals surface area contributed by atoms with Crippen LogP contribution in [0.25, 0.3) is 0 Å². The number of hydrogen-bond donors (Lipinski definition) is 3. The quantitative estimate of drug-likeness (QED) is 0.0253. The SMILES string of the molecule is CC/C=C\C/C=C\C/C=C\C/C=C\C/C=C\CC(=O)NC(COP(=O)(O)OCC[N+](C)(C)C)C(O)/C=C/CC/C=C/CCCCCCCCCCCCC. The van der Waals surface area contributed by atoms with Gasteiger partial charge in [-0.1, -0.05) is 163 Å². The highest BCUT2D eigenvalue weighted by atomic mass is 31.2. The first-order chi connectivity index (χ1) is 26.0. The van der Waals surface area contributed by atoms with Gasteiger partial charge in [-0.05, 0) is 57.8 Å². The van der Waals surface area contributed by atoms with Crippen LogP contribution in [-0.4, -0.2) is 73.4 Å². The maximum atomic E-state index is 12.8. The summed E-state index contributed by atoms with van der Waals surface area (Å²) in [6, 6.07) is -0.921. The minimum absolute atomic E-state index is 0.0353. The molecule has 1 amide bonds. The van der Waals surface area contributed by atoms with Crippen molar-refractivity contribution >= 4 is 13.7 Å². The van der Waals surface area contributed by atoms with E-state index in [1.165, 1.54) is 70.6 Å². The van der Waals surface area contributed by atoms with Crippen molar-refractivity contribution < 1.29 is 32.9 Å². The summed E-state index contributed by atoms with van der Waals surface area (Å²) in [5.41, 5.74) is 0. The van der Waals surface area contributed by atoms with Crippen molar-refractivity contribution in [2.45, 2.75) is 154 Å². The first-order valence-corrected chi connectivity index (χ1v) is 22.5. The lowest BCUT2D eigenvalue weighted by atomic mass is 10.1. The Hall–Kier alpha value is -2.32. The Morgan fingerprint density at radius 3 is 1.67 bits per heavy atom. The third-order valence-corrected chi connectivity index (χ3v) is 9.61. The number of phosphoric ester groups is 1. The molecule has 0 fully saturated rings. The van der Waals surface area contributed by atoms with Gasteiger partial charge in [0, 0.05) is 6.42 Å². The number of carbonyl (C=O) groups is 1. The number of nitrogens with one attached hydrogen (secondary N) is 1. The number of amides is 1. The minimum atomic E-state index is -4.37. The van der Waals surface area contributed by atoms with Gasteiger partial charge in [-0.15, -0.1) is 0 Å². The molecule has 0 aliphatic rings. The predicted molar refractivity (Wildman–Crippen MR) is 230 cm³/mol. The molecule has 0 heterocycles. The lowest BCUT2D eigenvalue weighted by molar-refractivity contribution is -0.870. The number of rotatable bonds is 36. The fourth-order valence-corrected chi connectivity index (χ4v) is 6.03. The number of aliphatic hydroxyl groups is 1. The molecule has 3 N–H and O–H groups in total. The third-order valence-electron chi connectivity index (χ3n) is 8.63. The van der Waals surface area contributed by atoms with Crippen molar-refractivity contribution in [1.82, 2.24) is 5.32 Å². The highest BCUT2D eigenvalue weighted by molar-refractivity contribution is 7.47. The van der Waals surface area contributed by atoms with Crippen LogP contribution in [0.3, 0.4) is 0 Å². The van der Waals surface area contributed by atoms with Crippen LogP contribution >= 0.6 is 7.82 Å². The van der Waals surface area contributed by atoms with Gasteiger partial charge in [0.15, 0.2) is 0 Å². The zero-order valence-corrected chi connectivity index (χ0v) is 35.8. The van der Waals surface area contributed by atoms with Gasteiger partial charge in [0.1, 0.15) is 13.2 Å². The van der Waals surface area contributed by atoms with Gasteiger partial charge in [0.25, 0.3) is 0 Å². The summed E-state index contributed by atoms with van der Waals surface area (Å²) in [5.74, 6) is -0.318. The molecule has 9 heteroatoms. The molecule has 3 atom stereocenters. The maximum absolute atomic E-state index is 12.8. The molecule has 0 aliphatic carbocycles. The second kappa shape index (κ2) is 36.3. The molecule has 0 bridgehead atoms. The lowest BCUT2D eigenvalue weighted by Crippen LogP contribution is -2.45. The monoisotopic (exact) mass is 776 g/mol. The number of unbranched alkanes of at least 4 members (excludes halogenated alkanes) is 12. The van der Waals surface area contributed by atoms with Crippen LogP contribution in [0.1, 0.15) is 142 Å². The minimum Gasteiger partial charge on any atom is -0.387 e. The summed E-state index contributed by atoms with van der Waals surface area (Å²) in [6.07, 6.45) is 49.7. The summed E-state index contributed by atoms with van der Waals surface area (Å²) in [6.45, 7) is 4.57. The van der Waals surface area contributed by atoms with Gasteiger partial charge >= 0.3 is 7.82 Å². The van der Waals surface area contributed by atoms with Gasteiger partial charge in [-0.2, -0.15) is 0 Å². The van der Waals surface area contributed by atoms with Crippen LogP contribution < -0.4 is 5.32 Å². The topological polar surface area (TPSA) is 105 Å². The molecule has 0 radical (unpaired) electrons. The highest BCUT2D eigenvalue weighted by Gasteiger charge is 2.27. The fourth-order valence-electron chi connectivity index (χ4n) is 5.30. The van der Waals surface area contributed by atoms with Crippen LogP contribution in [0, 0.1) is 0 Å². The van der Waals surface area contributed by atoms with Crippen LogP contribution in [0.4, 0.5) is 0 Å². The van der Waals surface area contributed by atoms with Crippen LogP contribution in [0.5, 0.6) is 0 Å². The van der Waals surface area contributed by atoms with E-state index < -0.39 is 20.0 Å². The standard InChI is InChI=1S/C45H79N2O6P/c1-6-8-10-12-14-16-18-20-22-23-25-26-28-30-32-34-36-38-44(48)43(42-53-54(50,51)52-41-40-47(3,4)5)46-45(49)39-37-35-33-31-29-27-24-21-19-17-15-13-11-9-7-2/h9,11,15,17,21,24,28-31,35-38,43-44,48H,6-8,10,12-14,16,18-20,22-23,25-27,32-34,39-42H2,1-5H3,(H-,46,49,50,51)/p+1/b11-9-,17-15-,24-21-,30-28+,31-29-,37-35-,38-36+. The highest BCUT2D eigenvalue weighted by Crippen LogP contribution is 2.43. The van der Waals surface area contributed by atoms with Crippen molar-refractivity contribution in [3.63, 3.8) is 0 Å². The largest absolute Gasteiger partial charge is 0.472 e. The van der Waals surface area contributed by atoms with Gasteiger partial charge in [0.2, 0.25) is 5.91 Å². The molecule has 0 aromatic carbocycles. The van der Waals surface area contributed by atoms with E-state index >= 15 is 0 Å². The molecule has 0 rings (SSSR count). The van der Waals surface area contributed by atoms with Gasteiger partial charge < -0.3 is 19.8 Å². The lowest BCUT2D eigenvalue weighted by Gasteiger charge is -2.25. The molecule has 54 heavy (non-hydrogen) atoms. The van der Waals surface area contributed by atoms with E-state index in [9.17, 15) is 19.4 Å². The molecular formula is C45H80N2O6P+. The Labute approximate surface area is 331 Å². The van der Waals surface area contributed by atoms with E-state index in [2.05, 4.69) is 79.9 Å². The second-order valence-corrected chi connectivity index (χ2v) is 16.4. The molecule has 0 aliphatic heterocycles. The number of allylic oxidation sites excluding steroid dienone is 12. The van der Waals surface area contributed by atoms with Crippen LogP contribution in [0.15, 0.2) is 85.1 Å². The molecule has 0 aromatic heterocycles. The summed E-state index contributed by atoms with van der Waals surface area (Å²) in [4.78, 5) is 23.0. The fraction of sp³-hybridized carbons (Fsp3) is 0.667. The van der Waals surface area contributed by atoms with Gasteiger partial charge in [-0.3, -0.25) is 13.8 Å². The van der Waals surface area contributed by atoms with E-state index in [1.807, 2.05) is 33.3 Å². The molecule has 0 saturated carbocycles. The van der Waals surface area contributed by atoms with Crippen molar-refractivity contribution in [2.24, 2.45) is 0 Å². The molecule has 3 unspecified atom stereocenters. The van der Waals surface area contributed by atoms with Crippen molar-refractivity contribution in [3.8, 4) is 0 Å². The zero-order chi connectivity index (χ0) is 40.0. The van der Waals surface area contributed by atoms with E-state index in [0.29, 0.717) is 17.4 Å². The Kier molecular flexibility index (Phi) is 34.8. The average molecular weight is 776 g/mol. The molecule has 0 saturated heterocycles. The van der Waals surface area contributed by atoms with E-state index in [-0.39, 0.29) is 25.5 Å². The van der Waals surface area contributed by atoms with E-state index in [1.54, 1.807) is 12.2 Å². The molecule has 0 spiro atoms. The first kappa shape index (κ1) is 51.7. The molecule has 8 nitrogen and oxygen atoms in total.